The van der Waals surface area contributed by atoms with Crippen LogP contribution in [0.2, 0.25) is 0 Å². The molecule has 0 saturated heterocycles. The summed E-state index contributed by atoms with van der Waals surface area (Å²) in [6.07, 6.45) is -0.139. The summed E-state index contributed by atoms with van der Waals surface area (Å²) in [5.74, 6) is -1.35. The van der Waals surface area contributed by atoms with Crippen LogP contribution in [-0.4, -0.2) is 41.4 Å². The number of hydrogen-bond acceptors (Lipinski definition) is 6. The van der Waals surface area contributed by atoms with Gasteiger partial charge in [0.15, 0.2) is 11.5 Å². The van der Waals surface area contributed by atoms with E-state index in [-0.39, 0.29) is 43.0 Å². The van der Waals surface area contributed by atoms with Crippen LogP contribution in [0.3, 0.4) is 0 Å². The topological polar surface area (TPSA) is 131 Å². The zero-order valence-electron chi connectivity index (χ0n) is 19.5. The van der Waals surface area contributed by atoms with Gasteiger partial charge in [0.2, 0.25) is 5.91 Å². The van der Waals surface area contributed by atoms with E-state index >= 15 is 0 Å². The third-order valence-corrected chi connectivity index (χ3v) is 6.50. The fourth-order valence-corrected chi connectivity index (χ4v) is 4.16. The summed E-state index contributed by atoms with van der Waals surface area (Å²) in [6.45, 7) is 3.82. The summed E-state index contributed by atoms with van der Waals surface area (Å²) >= 11 is 0. The molecule has 3 N–H and O–H groups in total. The molecule has 3 aromatic rings. The molecule has 0 fully saturated rings. The number of carboxylic acids is 1. The van der Waals surface area contributed by atoms with Crippen LogP contribution in [0.4, 0.5) is 4.79 Å². The number of nitrogens with zero attached hydrogens (tertiary/aromatic N) is 1. The van der Waals surface area contributed by atoms with Gasteiger partial charge in [-0.3, -0.25) is 4.79 Å². The van der Waals surface area contributed by atoms with Crippen molar-refractivity contribution in [1.29, 1.82) is 0 Å². The van der Waals surface area contributed by atoms with E-state index in [1.165, 1.54) is 6.07 Å². The second kappa shape index (κ2) is 10.0. The molecule has 2 amide bonds. The zero-order valence-corrected chi connectivity index (χ0v) is 19.5. The molecular weight excluding hydrogens is 450 g/mol. The highest BCUT2D eigenvalue weighted by atomic mass is 16.5. The van der Waals surface area contributed by atoms with Crippen LogP contribution in [0.15, 0.2) is 59.1 Å². The number of aromatic nitrogens is 1. The number of rotatable bonds is 9. The number of carbonyl (C=O) groups is 3. The lowest BCUT2D eigenvalue weighted by Crippen LogP contribution is -2.46. The average molecular weight is 478 g/mol. The molecule has 1 aliphatic carbocycles. The molecule has 0 saturated carbocycles. The minimum absolute atomic E-state index is 0.0142. The second-order valence-electron chi connectivity index (χ2n) is 8.76. The first-order valence-corrected chi connectivity index (χ1v) is 11.4. The summed E-state index contributed by atoms with van der Waals surface area (Å²) in [7, 11) is 0. The number of carboxylic acid groups (broad SMARTS) is 1. The maximum absolute atomic E-state index is 12.8. The van der Waals surface area contributed by atoms with Crippen molar-refractivity contribution in [3.05, 3.63) is 77.2 Å². The molecule has 1 aliphatic rings. The van der Waals surface area contributed by atoms with Gasteiger partial charge in [0, 0.05) is 18.5 Å². The highest BCUT2D eigenvalue weighted by Crippen LogP contribution is 2.44. The van der Waals surface area contributed by atoms with Crippen molar-refractivity contribution in [1.82, 2.24) is 15.8 Å². The van der Waals surface area contributed by atoms with Gasteiger partial charge in [0.1, 0.15) is 6.61 Å². The van der Waals surface area contributed by atoms with E-state index in [0.717, 1.165) is 22.3 Å². The van der Waals surface area contributed by atoms with Gasteiger partial charge < -0.3 is 25.0 Å². The Labute approximate surface area is 202 Å². The molecular formula is C26H27N3O6. The monoisotopic (exact) mass is 477 g/mol. The van der Waals surface area contributed by atoms with Crippen molar-refractivity contribution in [2.24, 2.45) is 5.41 Å². The summed E-state index contributed by atoms with van der Waals surface area (Å²) in [4.78, 5) is 36.2. The number of hydrogen-bond donors (Lipinski definition) is 3. The van der Waals surface area contributed by atoms with E-state index in [0.29, 0.717) is 6.42 Å². The molecule has 35 heavy (non-hydrogen) atoms. The van der Waals surface area contributed by atoms with Crippen molar-refractivity contribution < 1.29 is 28.8 Å². The molecule has 1 unspecified atom stereocenters. The molecule has 9 heteroatoms. The van der Waals surface area contributed by atoms with E-state index in [9.17, 15) is 14.4 Å². The van der Waals surface area contributed by atoms with E-state index in [2.05, 4.69) is 27.9 Å². The average Bonchev–Trinajstić information content (AvgIpc) is 3.48. The molecule has 2 aromatic carbocycles. The van der Waals surface area contributed by atoms with Crippen LogP contribution in [0.1, 0.15) is 53.6 Å². The first kappa shape index (κ1) is 24.0. The fraction of sp³-hybridized carbons (Fsp3) is 0.308. The van der Waals surface area contributed by atoms with E-state index in [4.69, 9.17) is 14.4 Å². The fourth-order valence-electron chi connectivity index (χ4n) is 4.16. The lowest BCUT2D eigenvalue weighted by molar-refractivity contribution is -0.130. The maximum atomic E-state index is 12.8. The lowest BCUT2D eigenvalue weighted by atomic mass is 9.86. The molecule has 4 rings (SSSR count). The third kappa shape index (κ3) is 5.03. The number of benzene rings is 2. The number of alkyl carbamates (subject to hydrolysis) is 1. The third-order valence-electron chi connectivity index (χ3n) is 6.50. The Morgan fingerprint density at radius 2 is 1.69 bits per heavy atom. The van der Waals surface area contributed by atoms with Gasteiger partial charge in [-0.1, -0.05) is 60.6 Å². The predicted octanol–water partition coefficient (Wildman–Crippen LogP) is 3.94. The zero-order chi connectivity index (χ0) is 25.0. The van der Waals surface area contributed by atoms with Gasteiger partial charge >= 0.3 is 12.1 Å². The van der Waals surface area contributed by atoms with Crippen molar-refractivity contribution in [2.45, 2.75) is 32.7 Å². The highest BCUT2D eigenvalue weighted by molar-refractivity contribution is 5.85. The number of amides is 2. The highest BCUT2D eigenvalue weighted by Gasteiger charge is 2.33. The Bertz CT molecular complexity index is 1210. The van der Waals surface area contributed by atoms with E-state index in [1.54, 1.807) is 6.92 Å². The first-order valence-electron chi connectivity index (χ1n) is 11.4. The van der Waals surface area contributed by atoms with Crippen LogP contribution >= 0.6 is 0 Å². The first-order chi connectivity index (χ1) is 16.8. The number of fused-ring (bicyclic) bond motifs is 3. The van der Waals surface area contributed by atoms with Crippen LogP contribution in [0.25, 0.3) is 11.1 Å². The number of carbonyl (C=O) groups excluding carboxylic acids is 2. The van der Waals surface area contributed by atoms with Gasteiger partial charge in [-0.05, 0) is 35.6 Å². The second-order valence-corrected chi connectivity index (χ2v) is 8.76. The van der Waals surface area contributed by atoms with Crippen LogP contribution < -0.4 is 10.6 Å². The molecule has 0 aliphatic heterocycles. The maximum Gasteiger partial charge on any atom is 0.407 e. The molecule has 9 nitrogen and oxygen atoms in total. The standard InChI is InChI=1S/C26H27N3O6/c1-3-26(2,24(32)27-13-16-12-22(23(30)31)29-35-16)15-28-25(33)34-14-21-19-10-6-4-8-17(19)18-9-5-7-11-20(18)21/h4-12,21H,3,13-15H2,1-2H3,(H,27,32)(H,28,33)(H,30,31). The summed E-state index contributed by atoms with van der Waals surface area (Å²) in [5, 5.41) is 17.7. The Hall–Kier alpha value is -4.14. The van der Waals surface area contributed by atoms with Gasteiger partial charge in [0.05, 0.1) is 12.0 Å². The molecule has 1 aromatic heterocycles. The predicted molar refractivity (Wildman–Crippen MR) is 127 cm³/mol. The van der Waals surface area contributed by atoms with E-state index in [1.807, 2.05) is 43.3 Å². The van der Waals surface area contributed by atoms with Crippen LogP contribution in [0, 0.1) is 5.41 Å². The SMILES string of the molecule is CCC(C)(CNC(=O)OCC1c2ccccc2-c2ccccc21)C(=O)NCc1cc(C(=O)O)no1. The molecule has 1 atom stereocenters. The van der Waals surface area contributed by atoms with Gasteiger partial charge in [-0.25, -0.2) is 9.59 Å². The lowest BCUT2D eigenvalue weighted by Gasteiger charge is -2.27. The summed E-state index contributed by atoms with van der Waals surface area (Å²) in [6, 6.07) is 17.4. The Morgan fingerprint density at radius 3 is 2.26 bits per heavy atom. The van der Waals surface area contributed by atoms with Crippen molar-refractivity contribution in [3.63, 3.8) is 0 Å². The van der Waals surface area contributed by atoms with Crippen LogP contribution in [0.5, 0.6) is 0 Å². The van der Waals surface area contributed by atoms with Crippen molar-refractivity contribution in [2.75, 3.05) is 13.2 Å². The van der Waals surface area contributed by atoms with Gasteiger partial charge in [-0.15, -0.1) is 0 Å². The van der Waals surface area contributed by atoms with Gasteiger partial charge in [-0.2, -0.15) is 0 Å². The minimum atomic E-state index is -1.21. The molecule has 0 radical (unpaired) electrons. The molecule has 182 valence electrons. The number of ether oxygens (including phenoxy) is 1. The normalized spacial score (nSPS) is 13.9. The molecule has 0 bridgehead atoms. The largest absolute Gasteiger partial charge is 0.476 e. The number of aromatic carboxylic acids is 1. The van der Waals surface area contributed by atoms with Crippen molar-refractivity contribution >= 4 is 18.0 Å². The van der Waals surface area contributed by atoms with E-state index < -0.39 is 17.5 Å². The summed E-state index contributed by atoms with van der Waals surface area (Å²) < 4.78 is 10.5. The molecule has 0 spiro atoms. The Morgan fingerprint density at radius 1 is 1.06 bits per heavy atom. The smallest absolute Gasteiger partial charge is 0.407 e. The quantitative estimate of drug-likeness (QED) is 0.425. The van der Waals surface area contributed by atoms with Crippen LogP contribution in [-0.2, 0) is 16.1 Å². The van der Waals surface area contributed by atoms with Gasteiger partial charge in [0.25, 0.3) is 0 Å². The Balaban J connectivity index is 1.31. The minimum Gasteiger partial charge on any atom is -0.476 e. The number of nitrogens with one attached hydrogen (secondary N) is 2. The Kier molecular flexibility index (Phi) is 6.86. The summed E-state index contributed by atoms with van der Waals surface area (Å²) in [5.41, 5.74) is 3.41. The molecule has 1 heterocycles. The van der Waals surface area contributed by atoms with Crippen molar-refractivity contribution in [3.8, 4) is 11.1 Å².